The second kappa shape index (κ2) is 7.82. The van der Waals surface area contributed by atoms with Gasteiger partial charge in [-0.05, 0) is 52.0 Å². The number of nitrogens with two attached hydrogens (primary N) is 1. The number of unbranched alkanes of at least 4 members (excludes halogenated alkanes) is 1. The third kappa shape index (κ3) is 4.59. The monoisotopic (exact) mass is 308 g/mol. The van der Waals surface area contributed by atoms with Gasteiger partial charge in [0.05, 0.1) is 5.92 Å². The minimum absolute atomic E-state index is 0.222. The first-order valence-corrected chi connectivity index (χ1v) is 8.34. The molecule has 0 saturated heterocycles. The van der Waals surface area contributed by atoms with Crippen molar-refractivity contribution in [1.29, 1.82) is 0 Å². The van der Waals surface area contributed by atoms with Crippen LogP contribution >= 0.6 is 0 Å². The highest BCUT2D eigenvalue weighted by molar-refractivity contribution is 4.98. The van der Waals surface area contributed by atoms with E-state index in [1.54, 1.807) is 0 Å². The van der Waals surface area contributed by atoms with E-state index in [1.165, 1.54) is 0 Å². The van der Waals surface area contributed by atoms with Gasteiger partial charge in [0.2, 0.25) is 0 Å². The van der Waals surface area contributed by atoms with Crippen LogP contribution < -0.4 is 5.73 Å². The molecule has 0 radical (unpaired) electrons. The van der Waals surface area contributed by atoms with Crippen molar-refractivity contribution in [2.75, 3.05) is 13.1 Å². The lowest BCUT2D eigenvalue weighted by Crippen LogP contribution is -2.59. The van der Waals surface area contributed by atoms with Crippen molar-refractivity contribution >= 4 is 0 Å². The molecular formula is C16H31F3N2. The van der Waals surface area contributed by atoms with Crippen molar-refractivity contribution in [3.05, 3.63) is 0 Å². The summed E-state index contributed by atoms with van der Waals surface area (Å²) in [6.45, 7) is 7.85. The van der Waals surface area contributed by atoms with E-state index in [4.69, 9.17) is 5.73 Å². The van der Waals surface area contributed by atoms with Gasteiger partial charge in [-0.25, -0.2) is 0 Å². The van der Waals surface area contributed by atoms with Gasteiger partial charge in [-0.3, -0.25) is 4.90 Å². The van der Waals surface area contributed by atoms with Crippen LogP contribution in [0.4, 0.5) is 13.2 Å². The molecule has 0 aromatic carbocycles. The Morgan fingerprint density at radius 3 is 2.19 bits per heavy atom. The molecule has 21 heavy (non-hydrogen) atoms. The first-order chi connectivity index (χ1) is 9.80. The molecule has 1 unspecified atom stereocenters. The average molecular weight is 308 g/mol. The van der Waals surface area contributed by atoms with Crippen LogP contribution in [0.5, 0.6) is 0 Å². The van der Waals surface area contributed by atoms with Crippen LogP contribution in [0.15, 0.2) is 0 Å². The molecule has 2 nitrogen and oxygen atoms in total. The molecule has 2 N–H and O–H groups in total. The number of alkyl halides is 3. The van der Waals surface area contributed by atoms with Crippen LogP contribution in [0.3, 0.4) is 0 Å². The van der Waals surface area contributed by atoms with E-state index in [2.05, 4.69) is 25.7 Å². The van der Waals surface area contributed by atoms with Crippen molar-refractivity contribution in [3.8, 4) is 0 Å². The molecule has 0 aromatic heterocycles. The molecule has 0 heterocycles. The summed E-state index contributed by atoms with van der Waals surface area (Å²) < 4.78 is 38.6. The molecule has 0 aliphatic heterocycles. The third-order valence-electron chi connectivity index (χ3n) is 5.24. The summed E-state index contributed by atoms with van der Waals surface area (Å²) in [5.41, 5.74) is 5.81. The van der Waals surface area contributed by atoms with Gasteiger partial charge < -0.3 is 5.73 Å². The first-order valence-electron chi connectivity index (χ1n) is 8.34. The highest BCUT2D eigenvalue weighted by atomic mass is 19.4. The zero-order chi connectivity index (χ0) is 16.1. The second-order valence-corrected chi connectivity index (χ2v) is 6.55. The van der Waals surface area contributed by atoms with Gasteiger partial charge in [0.25, 0.3) is 0 Å². The Morgan fingerprint density at radius 2 is 1.81 bits per heavy atom. The number of hydrogen-bond acceptors (Lipinski definition) is 2. The maximum Gasteiger partial charge on any atom is 0.391 e. The zero-order valence-electron chi connectivity index (χ0n) is 13.7. The quantitative estimate of drug-likeness (QED) is 0.758. The van der Waals surface area contributed by atoms with Crippen LogP contribution in [0.25, 0.3) is 0 Å². The molecule has 126 valence electrons. The first kappa shape index (κ1) is 18.8. The van der Waals surface area contributed by atoms with E-state index >= 15 is 0 Å². The molecule has 1 aliphatic carbocycles. The van der Waals surface area contributed by atoms with E-state index in [0.29, 0.717) is 25.4 Å². The maximum atomic E-state index is 12.9. The van der Waals surface area contributed by atoms with Gasteiger partial charge in [0.15, 0.2) is 0 Å². The Balaban J connectivity index is 2.82. The largest absolute Gasteiger partial charge is 0.391 e. The summed E-state index contributed by atoms with van der Waals surface area (Å²) in [6, 6.07) is 0.377. The number of hydrogen-bond donors (Lipinski definition) is 1. The third-order valence-corrected chi connectivity index (χ3v) is 5.24. The van der Waals surface area contributed by atoms with Gasteiger partial charge in [-0.1, -0.05) is 20.3 Å². The Bertz CT molecular complexity index is 296. The molecule has 1 fully saturated rings. The molecule has 1 atom stereocenters. The fourth-order valence-electron chi connectivity index (χ4n) is 3.56. The maximum absolute atomic E-state index is 12.9. The molecular weight excluding hydrogens is 277 g/mol. The van der Waals surface area contributed by atoms with Crippen molar-refractivity contribution < 1.29 is 13.2 Å². The Kier molecular flexibility index (Phi) is 6.98. The lowest BCUT2D eigenvalue weighted by molar-refractivity contribution is -0.189. The normalized spacial score (nSPS) is 28.9. The predicted octanol–water partition coefficient (Wildman–Crippen LogP) is 4.34. The van der Waals surface area contributed by atoms with E-state index in [1.807, 2.05) is 0 Å². The van der Waals surface area contributed by atoms with Gasteiger partial charge in [0.1, 0.15) is 0 Å². The zero-order valence-corrected chi connectivity index (χ0v) is 13.7. The minimum Gasteiger partial charge on any atom is -0.329 e. The summed E-state index contributed by atoms with van der Waals surface area (Å²) in [6.07, 6.45) is 0.718. The number of rotatable bonds is 7. The summed E-state index contributed by atoms with van der Waals surface area (Å²) in [7, 11) is 0. The van der Waals surface area contributed by atoms with Crippen LogP contribution in [-0.4, -0.2) is 35.7 Å². The second-order valence-electron chi connectivity index (χ2n) is 6.55. The van der Waals surface area contributed by atoms with Crippen LogP contribution in [0.2, 0.25) is 0 Å². The molecule has 1 rings (SSSR count). The van der Waals surface area contributed by atoms with Crippen LogP contribution in [0, 0.1) is 5.92 Å². The van der Waals surface area contributed by atoms with Gasteiger partial charge in [-0.15, -0.1) is 0 Å². The Labute approximate surface area is 127 Å². The standard InChI is InChI=1S/C16H31F3N2/c1-4-6-11-21(13(3)5-2)15(12-20)9-7-14(8-10-15)16(17,18)19/h13-14H,4-12,20H2,1-3H3. The van der Waals surface area contributed by atoms with Crippen molar-refractivity contribution in [3.63, 3.8) is 0 Å². The SMILES string of the molecule is CCCCN(C(C)CC)C1(CN)CCC(C(F)(F)F)CC1. The van der Waals surface area contributed by atoms with Gasteiger partial charge in [0, 0.05) is 18.1 Å². The topological polar surface area (TPSA) is 29.3 Å². The molecule has 0 aromatic rings. The number of halogens is 3. The number of nitrogens with zero attached hydrogens (tertiary/aromatic N) is 1. The van der Waals surface area contributed by atoms with Crippen molar-refractivity contribution in [2.24, 2.45) is 11.7 Å². The summed E-state index contributed by atoms with van der Waals surface area (Å²) in [5, 5.41) is 0. The molecule has 1 saturated carbocycles. The summed E-state index contributed by atoms with van der Waals surface area (Å²) >= 11 is 0. The van der Waals surface area contributed by atoms with Gasteiger partial charge >= 0.3 is 6.18 Å². The Morgan fingerprint density at radius 1 is 1.24 bits per heavy atom. The Hall–Kier alpha value is -0.290. The highest BCUT2D eigenvalue weighted by Gasteiger charge is 2.47. The lowest BCUT2D eigenvalue weighted by atomic mass is 9.74. The molecule has 5 heteroatoms. The average Bonchev–Trinajstić information content (AvgIpc) is 2.46. The minimum atomic E-state index is -4.05. The lowest BCUT2D eigenvalue weighted by Gasteiger charge is -2.50. The highest BCUT2D eigenvalue weighted by Crippen LogP contribution is 2.43. The van der Waals surface area contributed by atoms with E-state index < -0.39 is 12.1 Å². The summed E-state index contributed by atoms with van der Waals surface area (Å²) in [4.78, 5) is 2.41. The van der Waals surface area contributed by atoms with E-state index in [0.717, 1.165) is 25.8 Å². The van der Waals surface area contributed by atoms with Crippen LogP contribution in [0.1, 0.15) is 65.7 Å². The van der Waals surface area contributed by atoms with Crippen LogP contribution in [-0.2, 0) is 0 Å². The van der Waals surface area contributed by atoms with Crippen molar-refractivity contribution in [2.45, 2.75) is 83.5 Å². The fourth-order valence-corrected chi connectivity index (χ4v) is 3.56. The van der Waals surface area contributed by atoms with Gasteiger partial charge in [-0.2, -0.15) is 13.2 Å². The molecule has 0 bridgehead atoms. The molecule has 0 spiro atoms. The summed E-state index contributed by atoms with van der Waals surface area (Å²) in [5.74, 6) is -1.14. The molecule has 1 aliphatic rings. The molecule has 0 amide bonds. The fraction of sp³-hybridized carbons (Fsp3) is 1.00. The van der Waals surface area contributed by atoms with E-state index in [9.17, 15) is 13.2 Å². The smallest absolute Gasteiger partial charge is 0.329 e. The predicted molar refractivity (Wildman–Crippen MR) is 81.2 cm³/mol. The van der Waals surface area contributed by atoms with E-state index in [-0.39, 0.29) is 18.4 Å². The van der Waals surface area contributed by atoms with Crippen molar-refractivity contribution in [1.82, 2.24) is 4.90 Å².